The lowest BCUT2D eigenvalue weighted by Crippen LogP contribution is -2.32. The normalized spacial score (nSPS) is 11.4. The van der Waals surface area contributed by atoms with Crippen LogP contribution in [-0.2, 0) is 0 Å². The number of nitrogens with two attached hydrogens (primary N) is 1. The maximum absolute atomic E-state index is 9.55. The van der Waals surface area contributed by atoms with E-state index in [0.717, 1.165) is 12.8 Å². The molecule has 0 bridgehead atoms. The van der Waals surface area contributed by atoms with E-state index in [1.165, 1.54) is 11.8 Å². The number of nitrogen functional groups attached to an aromatic ring is 1. The quantitative estimate of drug-likeness (QED) is 0.250. The lowest BCUT2D eigenvalue weighted by molar-refractivity contribution is 0.127. The molecule has 0 saturated carbocycles. The Morgan fingerprint density at radius 2 is 1.95 bits per heavy atom. The molecule has 1 aromatic heterocycles. The molecular formula is C12H23N5OS. The van der Waals surface area contributed by atoms with Crippen molar-refractivity contribution in [3.63, 3.8) is 0 Å². The number of aliphatic hydroxyl groups excluding tert-OH is 1. The number of thioether (sulfide) groups is 1. The summed E-state index contributed by atoms with van der Waals surface area (Å²) in [6.45, 7) is 5.00. The van der Waals surface area contributed by atoms with Crippen molar-refractivity contribution in [2.75, 3.05) is 30.1 Å². The first-order valence-electron chi connectivity index (χ1n) is 6.37. The maximum Gasteiger partial charge on any atom is 0.191 e. The topological polar surface area (TPSA) is 96.1 Å². The largest absolute Gasteiger partial charge is 0.396 e. The van der Waals surface area contributed by atoms with Gasteiger partial charge in [0.2, 0.25) is 0 Å². The summed E-state index contributed by atoms with van der Waals surface area (Å²) in [7, 11) is 0. The summed E-state index contributed by atoms with van der Waals surface area (Å²) in [5, 5.41) is 13.5. The minimum atomic E-state index is -0.110. The van der Waals surface area contributed by atoms with Gasteiger partial charge < -0.3 is 15.8 Å². The van der Waals surface area contributed by atoms with Gasteiger partial charge in [0.15, 0.2) is 5.16 Å². The monoisotopic (exact) mass is 285 g/mol. The average Bonchev–Trinajstić information content (AvgIpc) is 2.48. The van der Waals surface area contributed by atoms with Crippen molar-refractivity contribution in [3.8, 4) is 0 Å². The zero-order valence-corrected chi connectivity index (χ0v) is 12.5. The van der Waals surface area contributed by atoms with Gasteiger partial charge >= 0.3 is 0 Å². The van der Waals surface area contributed by atoms with Gasteiger partial charge in [-0.25, -0.2) is 15.8 Å². The number of hydrogen-bond donors (Lipinski definition) is 4. The number of anilines is 2. The molecule has 0 aliphatic heterocycles. The third kappa shape index (κ3) is 4.22. The summed E-state index contributed by atoms with van der Waals surface area (Å²) < 4.78 is 0. The minimum absolute atomic E-state index is 0.110. The highest BCUT2D eigenvalue weighted by Gasteiger charge is 2.25. The number of nitrogens with one attached hydrogen (secondary N) is 2. The number of aliphatic hydroxyl groups is 1. The number of hydrogen-bond acceptors (Lipinski definition) is 7. The van der Waals surface area contributed by atoms with E-state index in [-0.39, 0.29) is 12.0 Å². The molecule has 0 amide bonds. The van der Waals surface area contributed by atoms with E-state index in [0.29, 0.717) is 23.3 Å². The SMILES string of the molecule is CCC(CC)(CO)CNc1cc(NN)nc(SC)n1. The van der Waals surface area contributed by atoms with Gasteiger partial charge in [-0.1, -0.05) is 25.6 Å². The fourth-order valence-electron chi connectivity index (χ4n) is 1.74. The van der Waals surface area contributed by atoms with Crippen LogP contribution in [0.5, 0.6) is 0 Å². The molecule has 0 radical (unpaired) electrons. The second-order valence-electron chi connectivity index (χ2n) is 4.49. The first-order valence-corrected chi connectivity index (χ1v) is 7.60. The molecule has 1 aromatic rings. The predicted octanol–water partition coefficient (Wildman–Crippen LogP) is 1.69. The Bertz CT molecular complexity index is 367. The Morgan fingerprint density at radius 3 is 2.42 bits per heavy atom. The van der Waals surface area contributed by atoms with Gasteiger partial charge in [-0.15, -0.1) is 0 Å². The number of nitrogens with zero attached hydrogens (tertiary/aromatic N) is 2. The van der Waals surface area contributed by atoms with Crippen molar-refractivity contribution in [1.29, 1.82) is 0 Å². The number of hydrazine groups is 1. The van der Waals surface area contributed by atoms with E-state index in [1.54, 1.807) is 6.07 Å². The van der Waals surface area contributed by atoms with Crippen molar-refractivity contribution in [2.45, 2.75) is 31.8 Å². The van der Waals surface area contributed by atoms with Crippen LogP contribution in [0.2, 0.25) is 0 Å². The van der Waals surface area contributed by atoms with E-state index >= 15 is 0 Å². The standard InChI is InChI=1S/C12H23N5OS/c1-4-12(5-2,8-18)7-14-9-6-10(17-13)16-11(15-9)19-3/h6,18H,4-5,7-8,13H2,1-3H3,(H2,14,15,16,17). The summed E-state index contributed by atoms with van der Waals surface area (Å²) in [6.07, 6.45) is 3.74. The lowest BCUT2D eigenvalue weighted by Gasteiger charge is -2.29. The molecule has 1 rings (SSSR count). The third-order valence-electron chi connectivity index (χ3n) is 3.52. The van der Waals surface area contributed by atoms with E-state index in [1.807, 2.05) is 6.26 Å². The zero-order chi connectivity index (χ0) is 14.3. The highest BCUT2D eigenvalue weighted by Crippen LogP contribution is 2.26. The molecule has 0 aliphatic rings. The second-order valence-corrected chi connectivity index (χ2v) is 5.26. The van der Waals surface area contributed by atoms with Gasteiger partial charge in [0.25, 0.3) is 0 Å². The van der Waals surface area contributed by atoms with Gasteiger partial charge in [-0.2, -0.15) is 0 Å². The molecule has 5 N–H and O–H groups in total. The molecule has 19 heavy (non-hydrogen) atoms. The van der Waals surface area contributed by atoms with E-state index in [9.17, 15) is 5.11 Å². The highest BCUT2D eigenvalue weighted by atomic mass is 32.2. The minimum Gasteiger partial charge on any atom is -0.396 e. The van der Waals surface area contributed by atoms with E-state index in [2.05, 4.69) is 34.6 Å². The van der Waals surface area contributed by atoms with Crippen molar-refractivity contribution in [1.82, 2.24) is 9.97 Å². The molecule has 0 unspecified atom stereocenters. The molecule has 0 spiro atoms. The van der Waals surface area contributed by atoms with Gasteiger partial charge in [-0.3, -0.25) is 0 Å². The number of aromatic nitrogens is 2. The van der Waals surface area contributed by atoms with Gasteiger partial charge in [0, 0.05) is 18.0 Å². The first kappa shape index (κ1) is 16.0. The van der Waals surface area contributed by atoms with Crippen LogP contribution in [0, 0.1) is 5.41 Å². The fraction of sp³-hybridized carbons (Fsp3) is 0.667. The van der Waals surface area contributed by atoms with Crippen LogP contribution in [0.25, 0.3) is 0 Å². The molecule has 0 aliphatic carbocycles. The smallest absolute Gasteiger partial charge is 0.191 e. The third-order valence-corrected chi connectivity index (χ3v) is 4.06. The molecule has 0 saturated heterocycles. The second kappa shape index (κ2) is 7.52. The van der Waals surface area contributed by atoms with Crippen molar-refractivity contribution in [2.24, 2.45) is 11.3 Å². The molecule has 7 heteroatoms. The van der Waals surface area contributed by atoms with Crippen molar-refractivity contribution in [3.05, 3.63) is 6.07 Å². The summed E-state index contributed by atoms with van der Waals surface area (Å²) in [4.78, 5) is 8.57. The van der Waals surface area contributed by atoms with Gasteiger partial charge in [-0.05, 0) is 19.1 Å². The van der Waals surface area contributed by atoms with Gasteiger partial charge in [0.05, 0.1) is 6.61 Å². The number of rotatable bonds is 8. The van der Waals surface area contributed by atoms with Crippen LogP contribution < -0.4 is 16.6 Å². The maximum atomic E-state index is 9.55. The Labute approximate surface area is 118 Å². The first-order chi connectivity index (χ1) is 9.12. The molecule has 0 fully saturated rings. The molecule has 0 atom stereocenters. The lowest BCUT2D eigenvalue weighted by atomic mass is 9.83. The van der Waals surface area contributed by atoms with Crippen LogP contribution in [0.3, 0.4) is 0 Å². The van der Waals surface area contributed by atoms with Crippen LogP contribution in [0.4, 0.5) is 11.6 Å². The summed E-state index contributed by atoms with van der Waals surface area (Å²) in [5.41, 5.74) is 2.42. The fourth-order valence-corrected chi connectivity index (χ4v) is 2.12. The molecule has 108 valence electrons. The van der Waals surface area contributed by atoms with Crippen LogP contribution in [0.15, 0.2) is 11.2 Å². The van der Waals surface area contributed by atoms with Crippen LogP contribution in [-0.4, -0.2) is 34.5 Å². The zero-order valence-electron chi connectivity index (χ0n) is 11.7. The Morgan fingerprint density at radius 1 is 1.32 bits per heavy atom. The van der Waals surface area contributed by atoms with Crippen molar-refractivity contribution < 1.29 is 5.11 Å². The average molecular weight is 285 g/mol. The van der Waals surface area contributed by atoms with Crippen LogP contribution >= 0.6 is 11.8 Å². The molecule has 1 heterocycles. The van der Waals surface area contributed by atoms with Crippen LogP contribution in [0.1, 0.15) is 26.7 Å². The Kier molecular flexibility index (Phi) is 6.33. The summed E-state index contributed by atoms with van der Waals surface area (Å²) in [6, 6.07) is 1.76. The van der Waals surface area contributed by atoms with E-state index < -0.39 is 0 Å². The summed E-state index contributed by atoms with van der Waals surface area (Å²) >= 11 is 1.46. The Balaban J connectivity index is 2.81. The Hall–Kier alpha value is -1.05. The van der Waals surface area contributed by atoms with E-state index in [4.69, 9.17) is 5.84 Å². The van der Waals surface area contributed by atoms with Crippen molar-refractivity contribution >= 4 is 23.4 Å². The predicted molar refractivity (Wildman–Crippen MR) is 80.2 cm³/mol. The summed E-state index contributed by atoms with van der Waals surface area (Å²) in [5.74, 6) is 6.67. The van der Waals surface area contributed by atoms with Gasteiger partial charge in [0.1, 0.15) is 11.6 Å². The molecule has 0 aromatic carbocycles. The highest BCUT2D eigenvalue weighted by molar-refractivity contribution is 7.98. The molecule has 6 nitrogen and oxygen atoms in total. The molecular weight excluding hydrogens is 262 g/mol.